The van der Waals surface area contributed by atoms with Crippen LogP contribution in [0.3, 0.4) is 0 Å². The molecule has 0 aliphatic rings. The van der Waals surface area contributed by atoms with Gasteiger partial charge in [0.1, 0.15) is 16.8 Å². The first-order valence-corrected chi connectivity index (χ1v) is 7.06. The van der Waals surface area contributed by atoms with Crippen LogP contribution in [0, 0.1) is 0 Å². The van der Waals surface area contributed by atoms with E-state index in [1.54, 1.807) is 0 Å². The molecule has 1 aromatic rings. The second-order valence-corrected chi connectivity index (χ2v) is 5.94. The number of anilines is 1. The van der Waals surface area contributed by atoms with Crippen LogP contribution in [-0.2, 0) is 5.41 Å². The van der Waals surface area contributed by atoms with E-state index in [0.717, 1.165) is 24.7 Å². The Morgan fingerprint density at radius 2 is 1.89 bits per heavy atom. The zero-order valence-corrected chi connectivity index (χ0v) is 12.9. The number of hydrogen-bond donors (Lipinski definition) is 0. The number of unbranched alkanes of at least 4 members (excludes halogenated alkanes) is 1. The number of halogens is 1. The van der Waals surface area contributed by atoms with Crippen LogP contribution in [0.4, 0.5) is 5.82 Å². The van der Waals surface area contributed by atoms with E-state index in [-0.39, 0.29) is 5.41 Å². The Labute approximate surface area is 116 Å². The van der Waals surface area contributed by atoms with Crippen LogP contribution in [0.25, 0.3) is 0 Å². The van der Waals surface area contributed by atoms with Gasteiger partial charge < -0.3 is 4.90 Å². The molecule has 0 unspecified atom stereocenters. The third-order valence-corrected chi connectivity index (χ3v) is 3.03. The van der Waals surface area contributed by atoms with E-state index >= 15 is 0 Å². The van der Waals surface area contributed by atoms with Crippen molar-refractivity contribution in [2.45, 2.75) is 52.9 Å². The van der Waals surface area contributed by atoms with Gasteiger partial charge in [0.2, 0.25) is 0 Å². The van der Waals surface area contributed by atoms with Gasteiger partial charge in [-0.05, 0) is 13.3 Å². The molecule has 0 aromatic carbocycles. The zero-order chi connectivity index (χ0) is 13.8. The molecule has 0 aliphatic heterocycles. The molecule has 102 valence electrons. The first kappa shape index (κ1) is 15.2. The highest BCUT2D eigenvalue weighted by Gasteiger charge is 2.20. The Balaban J connectivity index is 3.04. The van der Waals surface area contributed by atoms with Gasteiger partial charge in [-0.1, -0.05) is 45.7 Å². The summed E-state index contributed by atoms with van der Waals surface area (Å²) in [6, 6.07) is 1.86. The number of nitrogens with zero attached hydrogens (tertiary/aromatic N) is 3. The molecule has 0 saturated carbocycles. The molecule has 0 amide bonds. The van der Waals surface area contributed by atoms with E-state index < -0.39 is 0 Å². The van der Waals surface area contributed by atoms with Crippen LogP contribution in [-0.4, -0.2) is 23.1 Å². The van der Waals surface area contributed by atoms with Gasteiger partial charge in [-0.2, -0.15) is 0 Å². The van der Waals surface area contributed by atoms with Gasteiger partial charge in [0.05, 0.1) is 0 Å². The highest BCUT2D eigenvalue weighted by atomic mass is 35.5. The minimum Gasteiger partial charge on any atom is -0.357 e. The topological polar surface area (TPSA) is 29.0 Å². The highest BCUT2D eigenvalue weighted by molar-refractivity contribution is 6.29. The quantitative estimate of drug-likeness (QED) is 0.755. The smallest absolute Gasteiger partial charge is 0.137 e. The van der Waals surface area contributed by atoms with E-state index in [4.69, 9.17) is 11.6 Å². The third kappa shape index (κ3) is 4.13. The van der Waals surface area contributed by atoms with Gasteiger partial charge in [-0.25, -0.2) is 9.97 Å². The fourth-order valence-corrected chi connectivity index (χ4v) is 1.86. The SMILES string of the molecule is CCCCN(CC)c1cc(Cl)nc(C(C)(C)C)n1. The molecular weight excluding hydrogens is 246 g/mol. The minimum absolute atomic E-state index is 0.0795. The molecule has 0 radical (unpaired) electrons. The fourth-order valence-electron chi connectivity index (χ4n) is 1.69. The Kier molecular flexibility index (Phi) is 5.39. The molecule has 18 heavy (non-hydrogen) atoms. The van der Waals surface area contributed by atoms with Crippen molar-refractivity contribution < 1.29 is 0 Å². The molecule has 3 nitrogen and oxygen atoms in total. The van der Waals surface area contributed by atoms with Gasteiger partial charge in [-0.3, -0.25) is 0 Å². The summed E-state index contributed by atoms with van der Waals surface area (Å²) in [5.74, 6) is 1.75. The van der Waals surface area contributed by atoms with Gasteiger partial charge in [0, 0.05) is 24.6 Å². The van der Waals surface area contributed by atoms with Crippen molar-refractivity contribution in [1.29, 1.82) is 0 Å². The van der Waals surface area contributed by atoms with E-state index in [0.29, 0.717) is 5.15 Å². The average molecular weight is 270 g/mol. The molecule has 0 spiro atoms. The Bertz CT molecular complexity index is 385. The third-order valence-electron chi connectivity index (χ3n) is 2.84. The lowest BCUT2D eigenvalue weighted by atomic mass is 9.96. The standard InChI is InChI=1S/C14H24ClN3/c1-6-8-9-18(7-2)12-10-11(15)16-13(17-12)14(3,4)5/h10H,6-9H2,1-5H3. The van der Waals surface area contributed by atoms with Crippen molar-refractivity contribution in [2.75, 3.05) is 18.0 Å². The fraction of sp³-hybridized carbons (Fsp3) is 0.714. The van der Waals surface area contributed by atoms with Crippen molar-refractivity contribution in [1.82, 2.24) is 9.97 Å². The van der Waals surface area contributed by atoms with Crippen LogP contribution in [0.15, 0.2) is 6.07 Å². The van der Waals surface area contributed by atoms with Gasteiger partial charge >= 0.3 is 0 Å². The molecule has 1 aromatic heterocycles. The van der Waals surface area contributed by atoms with E-state index in [1.165, 1.54) is 12.8 Å². The maximum absolute atomic E-state index is 6.11. The van der Waals surface area contributed by atoms with Gasteiger partial charge in [-0.15, -0.1) is 0 Å². The van der Waals surface area contributed by atoms with Crippen molar-refractivity contribution in [3.05, 3.63) is 17.0 Å². The molecule has 0 fully saturated rings. The second-order valence-electron chi connectivity index (χ2n) is 5.56. The molecular formula is C14H24ClN3. The van der Waals surface area contributed by atoms with E-state index in [1.807, 2.05) is 6.07 Å². The summed E-state index contributed by atoms with van der Waals surface area (Å²) in [5.41, 5.74) is -0.0795. The highest BCUT2D eigenvalue weighted by Crippen LogP contribution is 2.24. The Morgan fingerprint density at radius 1 is 1.22 bits per heavy atom. The lowest BCUT2D eigenvalue weighted by Gasteiger charge is -2.24. The van der Waals surface area contributed by atoms with E-state index in [9.17, 15) is 0 Å². The van der Waals surface area contributed by atoms with Crippen LogP contribution < -0.4 is 4.90 Å². The first-order valence-electron chi connectivity index (χ1n) is 6.68. The van der Waals surface area contributed by atoms with Crippen LogP contribution in [0.1, 0.15) is 53.3 Å². The van der Waals surface area contributed by atoms with Crippen LogP contribution >= 0.6 is 11.6 Å². The zero-order valence-electron chi connectivity index (χ0n) is 12.1. The maximum atomic E-state index is 6.11. The summed E-state index contributed by atoms with van der Waals surface area (Å²) in [6.07, 6.45) is 2.35. The summed E-state index contributed by atoms with van der Waals surface area (Å²) in [4.78, 5) is 11.2. The Hall–Kier alpha value is -0.830. The molecule has 0 saturated heterocycles. The van der Waals surface area contributed by atoms with Crippen LogP contribution in [0.2, 0.25) is 5.15 Å². The summed E-state index contributed by atoms with van der Waals surface area (Å²) in [6.45, 7) is 12.6. The maximum Gasteiger partial charge on any atom is 0.137 e. The molecule has 4 heteroatoms. The van der Waals surface area contributed by atoms with Crippen molar-refractivity contribution >= 4 is 17.4 Å². The summed E-state index contributed by atoms with van der Waals surface area (Å²) in [7, 11) is 0. The largest absolute Gasteiger partial charge is 0.357 e. The molecule has 0 aliphatic carbocycles. The predicted octanol–water partition coefficient (Wildman–Crippen LogP) is 4.05. The lowest BCUT2D eigenvalue weighted by Crippen LogP contribution is -2.27. The summed E-state index contributed by atoms with van der Waals surface area (Å²) < 4.78 is 0. The van der Waals surface area contributed by atoms with Crippen LogP contribution in [0.5, 0.6) is 0 Å². The normalized spacial score (nSPS) is 11.7. The summed E-state index contributed by atoms with van der Waals surface area (Å²) in [5, 5.41) is 0.528. The Morgan fingerprint density at radius 3 is 2.39 bits per heavy atom. The predicted molar refractivity (Wildman–Crippen MR) is 78.5 cm³/mol. The number of hydrogen-bond acceptors (Lipinski definition) is 3. The van der Waals surface area contributed by atoms with Gasteiger partial charge in [0.15, 0.2) is 0 Å². The molecule has 0 atom stereocenters. The van der Waals surface area contributed by atoms with E-state index in [2.05, 4.69) is 49.5 Å². The van der Waals surface area contributed by atoms with Crippen molar-refractivity contribution in [2.24, 2.45) is 0 Å². The monoisotopic (exact) mass is 269 g/mol. The van der Waals surface area contributed by atoms with Gasteiger partial charge in [0.25, 0.3) is 0 Å². The molecule has 0 bridgehead atoms. The summed E-state index contributed by atoms with van der Waals surface area (Å²) >= 11 is 6.11. The second kappa shape index (κ2) is 6.37. The minimum atomic E-state index is -0.0795. The average Bonchev–Trinajstić information content (AvgIpc) is 2.28. The molecule has 0 N–H and O–H groups in total. The van der Waals surface area contributed by atoms with Crippen molar-refractivity contribution in [3.63, 3.8) is 0 Å². The van der Waals surface area contributed by atoms with Crippen molar-refractivity contribution in [3.8, 4) is 0 Å². The first-order chi connectivity index (χ1) is 8.38. The molecule has 1 rings (SSSR count). The molecule has 1 heterocycles. The number of aromatic nitrogens is 2. The lowest BCUT2D eigenvalue weighted by molar-refractivity contribution is 0.543. The number of rotatable bonds is 5.